The maximum Gasteiger partial charge on any atom is 0.311 e. The van der Waals surface area contributed by atoms with Gasteiger partial charge in [0.05, 0.1) is 31.1 Å². The van der Waals surface area contributed by atoms with E-state index in [1.807, 2.05) is 4.40 Å². The Labute approximate surface area is 97.8 Å². The molecule has 16 heavy (non-hydrogen) atoms. The first-order chi connectivity index (χ1) is 7.70. The predicted octanol–water partition coefficient (Wildman–Crippen LogP) is 2.09. The van der Waals surface area contributed by atoms with Crippen LogP contribution in [0.15, 0.2) is 24.7 Å². The van der Waals surface area contributed by atoms with Crippen molar-refractivity contribution in [2.75, 3.05) is 6.61 Å². The van der Waals surface area contributed by atoms with Gasteiger partial charge in [-0.3, -0.25) is 4.79 Å². The van der Waals surface area contributed by atoms with E-state index < -0.39 is 0 Å². The van der Waals surface area contributed by atoms with Crippen LogP contribution >= 0.6 is 11.6 Å². The molecule has 0 aromatic carbocycles. The molecule has 0 spiro atoms. The number of nitrogens with zero attached hydrogens (tertiary/aromatic N) is 2. The molecule has 84 valence electrons. The lowest BCUT2D eigenvalue weighted by atomic mass is 10.2. The largest absolute Gasteiger partial charge is 0.466 e. The smallest absolute Gasteiger partial charge is 0.311 e. The van der Waals surface area contributed by atoms with E-state index in [-0.39, 0.29) is 12.4 Å². The van der Waals surface area contributed by atoms with Gasteiger partial charge in [-0.25, -0.2) is 4.98 Å². The standard InChI is InChI=1S/C11H11ClN2O2/c1-2-16-11(15)5-9-3-8(12)4-10-6-13-7-14(9)10/h3-4,6-7H,2,5H2,1H3. The summed E-state index contributed by atoms with van der Waals surface area (Å²) in [6.45, 7) is 2.16. The second kappa shape index (κ2) is 4.53. The van der Waals surface area contributed by atoms with Crippen molar-refractivity contribution in [2.24, 2.45) is 0 Å². The first-order valence-electron chi connectivity index (χ1n) is 4.97. The normalized spacial score (nSPS) is 10.6. The molecule has 0 N–H and O–H groups in total. The summed E-state index contributed by atoms with van der Waals surface area (Å²) in [6, 6.07) is 3.54. The number of esters is 1. The van der Waals surface area contributed by atoms with Gasteiger partial charge in [-0.05, 0) is 19.1 Å². The number of fused-ring (bicyclic) bond motifs is 1. The first kappa shape index (κ1) is 11.0. The molecule has 0 fully saturated rings. The van der Waals surface area contributed by atoms with Gasteiger partial charge < -0.3 is 9.14 Å². The predicted molar refractivity (Wildman–Crippen MR) is 60.5 cm³/mol. The fraction of sp³-hybridized carbons (Fsp3) is 0.273. The van der Waals surface area contributed by atoms with E-state index in [1.54, 1.807) is 31.6 Å². The van der Waals surface area contributed by atoms with Gasteiger partial charge in [-0.15, -0.1) is 0 Å². The van der Waals surface area contributed by atoms with Crippen molar-refractivity contribution in [3.05, 3.63) is 35.4 Å². The number of carbonyl (C=O) groups is 1. The summed E-state index contributed by atoms with van der Waals surface area (Å²) in [5.74, 6) is -0.264. The van der Waals surface area contributed by atoms with Crippen molar-refractivity contribution in [1.29, 1.82) is 0 Å². The van der Waals surface area contributed by atoms with Gasteiger partial charge >= 0.3 is 5.97 Å². The molecule has 0 unspecified atom stereocenters. The van der Waals surface area contributed by atoms with Crippen LogP contribution in [0.5, 0.6) is 0 Å². The lowest BCUT2D eigenvalue weighted by molar-refractivity contribution is -0.142. The van der Waals surface area contributed by atoms with E-state index in [0.29, 0.717) is 11.6 Å². The Morgan fingerprint density at radius 3 is 3.12 bits per heavy atom. The molecule has 2 aromatic rings. The number of hydrogen-bond donors (Lipinski definition) is 0. The van der Waals surface area contributed by atoms with E-state index in [1.165, 1.54) is 0 Å². The van der Waals surface area contributed by atoms with Crippen LogP contribution in [0.25, 0.3) is 5.52 Å². The van der Waals surface area contributed by atoms with E-state index in [2.05, 4.69) is 4.98 Å². The Bertz CT molecular complexity index is 522. The molecule has 0 saturated carbocycles. The molecule has 0 saturated heterocycles. The van der Waals surface area contributed by atoms with Crippen LogP contribution in [0.1, 0.15) is 12.6 Å². The van der Waals surface area contributed by atoms with Gasteiger partial charge in [0, 0.05) is 10.7 Å². The Kier molecular flexibility index (Phi) is 3.10. The zero-order valence-electron chi connectivity index (χ0n) is 8.81. The number of carbonyl (C=O) groups excluding carboxylic acids is 1. The van der Waals surface area contributed by atoms with E-state index in [0.717, 1.165) is 11.2 Å². The Hall–Kier alpha value is -1.55. The molecule has 0 aliphatic rings. The number of rotatable bonds is 3. The van der Waals surface area contributed by atoms with Crippen LogP contribution < -0.4 is 0 Å². The quantitative estimate of drug-likeness (QED) is 0.769. The van der Waals surface area contributed by atoms with Crippen molar-refractivity contribution in [3.63, 3.8) is 0 Å². The van der Waals surface area contributed by atoms with E-state index in [9.17, 15) is 4.79 Å². The van der Waals surface area contributed by atoms with E-state index >= 15 is 0 Å². The van der Waals surface area contributed by atoms with Crippen LogP contribution in [0.2, 0.25) is 5.02 Å². The SMILES string of the molecule is CCOC(=O)Cc1cc(Cl)cc2cncn12. The third-order valence-electron chi connectivity index (χ3n) is 2.20. The zero-order chi connectivity index (χ0) is 11.5. The van der Waals surface area contributed by atoms with Crippen molar-refractivity contribution in [2.45, 2.75) is 13.3 Å². The summed E-state index contributed by atoms with van der Waals surface area (Å²) in [6.07, 6.45) is 3.54. The van der Waals surface area contributed by atoms with Crippen LogP contribution in [0.3, 0.4) is 0 Å². The highest BCUT2D eigenvalue weighted by Crippen LogP contribution is 2.16. The van der Waals surface area contributed by atoms with Crippen LogP contribution in [-0.4, -0.2) is 22.0 Å². The average Bonchev–Trinajstić information content (AvgIpc) is 2.65. The number of pyridine rings is 1. The second-order valence-corrected chi connectivity index (χ2v) is 3.77. The lowest BCUT2D eigenvalue weighted by Gasteiger charge is -2.06. The summed E-state index contributed by atoms with van der Waals surface area (Å²) in [5.41, 5.74) is 1.64. The van der Waals surface area contributed by atoms with Gasteiger partial charge in [-0.2, -0.15) is 0 Å². The summed E-state index contributed by atoms with van der Waals surface area (Å²) in [4.78, 5) is 15.4. The zero-order valence-corrected chi connectivity index (χ0v) is 9.57. The molecular weight excluding hydrogens is 228 g/mol. The Morgan fingerprint density at radius 2 is 2.38 bits per heavy atom. The highest BCUT2D eigenvalue weighted by Gasteiger charge is 2.09. The minimum atomic E-state index is -0.264. The van der Waals surface area contributed by atoms with Crippen molar-refractivity contribution in [1.82, 2.24) is 9.38 Å². The van der Waals surface area contributed by atoms with Gasteiger partial charge in [0.15, 0.2) is 0 Å². The molecule has 4 nitrogen and oxygen atoms in total. The topological polar surface area (TPSA) is 43.6 Å². The Balaban J connectivity index is 2.35. The third kappa shape index (κ3) is 2.17. The molecule has 0 atom stereocenters. The average molecular weight is 239 g/mol. The highest BCUT2D eigenvalue weighted by atomic mass is 35.5. The van der Waals surface area contributed by atoms with Gasteiger partial charge in [0.25, 0.3) is 0 Å². The van der Waals surface area contributed by atoms with Gasteiger partial charge in [-0.1, -0.05) is 11.6 Å². The molecule has 2 aromatic heterocycles. The molecule has 2 heterocycles. The van der Waals surface area contributed by atoms with Crippen molar-refractivity contribution >= 4 is 23.1 Å². The minimum absolute atomic E-state index is 0.196. The molecule has 0 amide bonds. The maximum absolute atomic E-state index is 11.4. The van der Waals surface area contributed by atoms with E-state index in [4.69, 9.17) is 16.3 Å². The first-order valence-corrected chi connectivity index (χ1v) is 5.34. The maximum atomic E-state index is 11.4. The molecule has 2 rings (SSSR count). The number of aromatic nitrogens is 2. The summed E-state index contributed by atoms with van der Waals surface area (Å²) < 4.78 is 6.72. The molecule has 0 bridgehead atoms. The number of halogens is 1. The lowest BCUT2D eigenvalue weighted by Crippen LogP contribution is -2.10. The summed E-state index contributed by atoms with van der Waals surface area (Å²) >= 11 is 5.95. The summed E-state index contributed by atoms with van der Waals surface area (Å²) in [5, 5.41) is 0.590. The molecular formula is C11H11ClN2O2. The highest BCUT2D eigenvalue weighted by molar-refractivity contribution is 6.31. The van der Waals surface area contributed by atoms with Gasteiger partial charge in [0.2, 0.25) is 0 Å². The number of ether oxygens (including phenoxy) is 1. The van der Waals surface area contributed by atoms with Crippen LogP contribution in [0, 0.1) is 0 Å². The molecule has 0 aliphatic heterocycles. The second-order valence-electron chi connectivity index (χ2n) is 3.34. The third-order valence-corrected chi connectivity index (χ3v) is 2.42. The number of imidazole rings is 1. The fourth-order valence-electron chi connectivity index (χ4n) is 1.56. The van der Waals surface area contributed by atoms with Gasteiger partial charge in [0.1, 0.15) is 0 Å². The fourth-order valence-corrected chi connectivity index (χ4v) is 1.80. The van der Waals surface area contributed by atoms with Crippen molar-refractivity contribution < 1.29 is 9.53 Å². The van der Waals surface area contributed by atoms with Crippen molar-refractivity contribution in [3.8, 4) is 0 Å². The number of hydrogen-bond acceptors (Lipinski definition) is 3. The molecule has 0 radical (unpaired) electrons. The molecule has 5 heteroatoms. The van der Waals surface area contributed by atoms with Crippen LogP contribution in [-0.2, 0) is 16.0 Å². The Morgan fingerprint density at radius 1 is 1.56 bits per heavy atom. The monoisotopic (exact) mass is 238 g/mol. The summed E-state index contributed by atoms with van der Waals surface area (Å²) in [7, 11) is 0. The minimum Gasteiger partial charge on any atom is -0.466 e. The molecule has 0 aliphatic carbocycles. The van der Waals surface area contributed by atoms with Crippen LogP contribution in [0.4, 0.5) is 0 Å².